The minimum Gasteiger partial charge on any atom is -0.508 e. The van der Waals surface area contributed by atoms with Gasteiger partial charge < -0.3 is 10.2 Å². The third-order valence-corrected chi connectivity index (χ3v) is 4.84. The fourth-order valence-electron chi connectivity index (χ4n) is 3.60. The third kappa shape index (κ3) is 3.30. The van der Waals surface area contributed by atoms with Crippen LogP contribution in [0.2, 0.25) is 0 Å². The van der Waals surface area contributed by atoms with Crippen LogP contribution in [0.3, 0.4) is 0 Å². The minimum atomic E-state index is -0.288. The monoisotopic (exact) mass is 352 g/mol. The first kappa shape index (κ1) is 16.9. The molecule has 0 fully saturated rings. The van der Waals surface area contributed by atoms with Gasteiger partial charge in [0.15, 0.2) is 0 Å². The molecule has 1 atom stereocenters. The normalized spacial score (nSPS) is 11.9. The van der Waals surface area contributed by atoms with Crippen LogP contribution in [0.15, 0.2) is 103 Å². The summed E-state index contributed by atoms with van der Waals surface area (Å²) in [6, 6.07) is 32.9. The van der Waals surface area contributed by atoms with Crippen molar-refractivity contribution in [1.82, 2.24) is 0 Å². The Balaban J connectivity index is 2.01. The molecule has 0 aliphatic carbocycles. The van der Waals surface area contributed by atoms with Gasteiger partial charge in [-0.3, -0.25) is 0 Å². The Bertz CT molecular complexity index is 1040. The van der Waals surface area contributed by atoms with Crippen molar-refractivity contribution in [3.8, 4) is 22.6 Å². The lowest BCUT2D eigenvalue weighted by atomic mass is 9.80. The van der Waals surface area contributed by atoms with E-state index in [1.807, 2.05) is 91.0 Å². The van der Waals surface area contributed by atoms with Crippen LogP contribution >= 0.6 is 0 Å². The molecule has 0 aliphatic heterocycles. The van der Waals surface area contributed by atoms with Crippen LogP contribution in [0.25, 0.3) is 11.1 Å². The van der Waals surface area contributed by atoms with E-state index in [0.29, 0.717) is 0 Å². The van der Waals surface area contributed by atoms with Gasteiger partial charge in [0.1, 0.15) is 11.5 Å². The molecule has 0 heterocycles. The molecule has 0 saturated carbocycles. The average Bonchev–Trinajstić information content (AvgIpc) is 2.72. The van der Waals surface area contributed by atoms with E-state index in [1.54, 1.807) is 12.1 Å². The number of hydrogen-bond acceptors (Lipinski definition) is 2. The van der Waals surface area contributed by atoms with Gasteiger partial charge >= 0.3 is 0 Å². The molecule has 2 heteroatoms. The highest BCUT2D eigenvalue weighted by Gasteiger charge is 2.25. The Labute approximate surface area is 159 Å². The van der Waals surface area contributed by atoms with Gasteiger partial charge in [0.05, 0.1) is 0 Å². The molecular formula is C25H20O2. The quantitative estimate of drug-likeness (QED) is 0.446. The Morgan fingerprint density at radius 2 is 1.11 bits per heavy atom. The zero-order chi connectivity index (χ0) is 18.6. The highest BCUT2D eigenvalue weighted by Crippen LogP contribution is 2.44. The zero-order valence-corrected chi connectivity index (χ0v) is 14.8. The van der Waals surface area contributed by atoms with E-state index in [2.05, 4.69) is 0 Å². The molecule has 0 radical (unpaired) electrons. The topological polar surface area (TPSA) is 40.5 Å². The summed E-state index contributed by atoms with van der Waals surface area (Å²) in [5.74, 6) is 0.144. The van der Waals surface area contributed by atoms with Crippen molar-refractivity contribution < 1.29 is 10.2 Å². The molecule has 1 unspecified atom stereocenters. The summed E-state index contributed by atoms with van der Waals surface area (Å²) in [5, 5.41) is 21.4. The van der Waals surface area contributed by atoms with Crippen molar-refractivity contribution in [2.45, 2.75) is 5.92 Å². The van der Waals surface area contributed by atoms with Gasteiger partial charge in [0.25, 0.3) is 0 Å². The maximum atomic E-state index is 10.9. The minimum absolute atomic E-state index is 0.216. The van der Waals surface area contributed by atoms with Gasteiger partial charge in [-0.15, -0.1) is 0 Å². The molecule has 0 bridgehead atoms. The van der Waals surface area contributed by atoms with E-state index in [4.69, 9.17) is 0 Å². The van der Waals surface area contributed by atoms with Gasteiger partial charge in [0, 0.05) is 17.0 Å². The van der Waals surface area contributed by atoms with Crippen molar-refractivity contribution in [3.63, 3.8) is 0 Å². The molecule has 27 heavy (non-hydrogen) atoms. The summed E-state index contributed by atoms with van der Waals surface area (Å²) < 4.78 is 0. The first-order valence-corrected chi connectivity index (χ1v) is 8.96. The van der Waals surface area contributed by atoms with Crippen molar-refractivity contribution in [2.75, 3.05) is 0 Å². The van der Waals surface area contributed by atoms with Crippen LogP contribution in [0.5, 0.6) is 11.5 Å². The maximum Gasteiger partial charge on any atom is 0.120 e. The number of aromatic hydroxyl groups is 2. The SMILES string of the molecule is Oc1ccccc1C(c1ccccc1)c1c(O)cccc1-c1ccccc1. The summed E-state index contributed by atoms with van der Waals surface area (Å²) >= 11 is 0. The second-order valence-electron chi connectivity index (χ2n) is 6.51. The molecule has 2 nitrogen and oxygen atoms in total. The lowest BCUT2D eigenvalue weighted by molar-refractivity contribution is 0.459. The molecule has 0 aromatic heterocycles. The second kappa shape index (κ2) is 7.38. The van der Waals surface area contributed by atoms with Crippen LogP contribution in [-0.2, 0) is 0 Å². The highest BCUT2D eigenvalue weighted by atomic mass is 16.3. The maximum absolute atomic E-state index is 10.9. The molecule has 0 spiro atoms. The van der Waals surface area contributed by atoms with Crippen LogP contribution in [0.1, 0.15) is 22.6 Å². The molecule has 132 valence electrons. The number of para-hydroxylation sites is 1. The van der Waals surface area contributed by atoms with Crippen molar-refractivity contribution in [1.29, 1.82) is 0 Å². The van der Waals surface area contributed by atoms with E-state index in [1.165, 1.54) is 0 Å². The first-order chi connectivity index (χ1) is 13.3. The molecule has 0 amide bonds. The third-order valence-electron chi connectivity index (χ3n) is 4.84. The van der Waals surface area contributed by atoms with Crippen LogP contribution in [0, 0.1) is 0 Å². The number of phenols is 2. The molecule has 0 saturated heterocycles. The van der Waals surface area contributed by atoms with Crippen molar-refractivity contribution in [3.05, 3.63) is 120 Å². The van der Waals surface area contributed by atoms with Crippen LogP contribution in [-0.4, -0.2) is 10.2 Å². The Morgan fingerprint density at radius 1 is 0.519 bits per heavy atom. The van der Waals surface area contributed by atoms with E-state index < -0.39 is 0 Å². The number of benzene rings is 4. The molecule has 0 aliphatic rings. The van der Waals surface area contributed by atoms with E-state index in [0.717, 1.165) is 27.8 Å². The summed E-state index contributed by atoms with van der Waals surface area (Å²) in [7, 11) is 0. The zero-order valence-electron chi connectivity index (χ0n) is 14.8. The predicted molar refractivity (Wildman–Crippen MR) is 109 cm³/mol. The summed E-state index contributed by atoms with van der Waals surface area (Å²) in [5.41, 5.74) is 4.55. The van der Waals surface area contributed by atoms with Gasteiger partial charge in [-0.1, -0.05) is 91.0 Å². The van der Waals surface area contributed by atoms with E-state index in [-0.39, 0.29) is 17.4 Å². The van der Waals surface area contributed by atoms with E-state index >= 15 is 0 Å². The molecule has 4 aromatic rings. The average molecular weight is 352 g/mol. The summed E-state index contributed by atoms with van der Waals surface area (Å²) in [6.07, 6.45) is 0. The molecule has 4 rings (SSSR count). The number of rotatable bonds is 4. The van der Waals surface area contributed by atoms with Gasteiger partial charge in [0.2, 0.25) is 0 Å². The van der Waals surface area contributed by atoms with Crippen molar-refractivity contribution >= 4 is 0 Å². The lowest BCUT2D eigenvalue weighted by Gasteiger charge is -2.24. The first-order valence-electron chi connectivity index (χ1n) is 8.96. The van der Waals surface area contributed by atoms with Gasteiger partial charge in [-0.25, -0.2) is 0 Å². The Morgan fingerprint density at radius 3 is 1.81 bits per heavy atom. The predicted octanol–water partition coefficient (Wildman–Crippen LogP) is 5.95. The fourth-order valence-corrected chi connectivity index (χ4v) is 3.60. The lowest BCUT2D eigenvalue weighted by Crippen LogP contribution is -2.06. The van der Waals surface area contributed by atoms with Crippen molar-refractivity contribution in [2.24, 2.45) is 0 Å². The Kier molecular flexibility index (Phi) is 4.63. The van der Waals surface area contributed by atoms with Gasteiger partial charge in [-0.2, -0.15) is 0 Å². The standard InChI is InChI=1S/C25H20O2/c26-22-16-8-7-14-21(22)24(19-12-5-2-6-13-19)25-20(15-9-17-23(25)27)18-10-3-1-4-11-18/h1-17,24,26-27H. The summed E-state index contributed by atoms with van der Waals surface area (Å²) in [6.45, 7) is 0. The van der Waals surface area contributed by atoms with E-state index in [9.17, 15) is 10.2 Å². The van der Waals surface area contributed by atoms with Gasteiger partial charge in [-0.05, 0) is 28.8 Å². The molecule has 2 N–H and O–H groups in total. The second-order valence-corrected chi connectivity index (χ2v) is 6.51. The van der Waals surface area contributed by atoms with Crippen LogP contribution in [0.4, 0.5) is 0 Å². The number of phenolic OH excluding ortho intramolecular Hbond substituents is 2. The Hall–Kier alpha value is -3.52. The smallest absolute Gasteiger partial charge is 0.120 e. The highest BCUT2D eigenvalue weighted by molar-refractivity contribution is 5.73. The summed E-state index contributed by atoms with van der Waals surface area (Å²) in [4.78, 5) is 0. The fraction of sp³-hybridized carbons (Fsp3) is 0.0400. The molecule has 4 aromatic carbocycles. The number of hydrogen-bond donors (Lipinski definition) is 2. The largest absolute Gasteiger partial charge is 0.508 e. The van der Waals surface area contributed by atoms with Crippen LogP contribution < -0.4 is 0 Å². The molecular weight excluding hydrogens is 332 g/mol.